The van der Waals surface area contributed by atoms with Crippen LogP contribution in [-0.4, -0.2) is 23.1 Å². The normalized spacial score (nSPS) is 11.6. The van der Waals surface area contributed by atoms with E-state index in [1.54, 1.807) is 6.92 Å². The van der Waals surface area contributed by atoms with E-state index in [4.69, 9.17) is 8.92 Å². The fraction of sp³-hybridized carbons (Fsp3) is 0.273. The summed E-state index contributed by atoms with van der Waals surface area (Å²) >= 11 is 0.314. The van der Waals surface area contributed by atoms with Crippen LogP contribution in [0.2, 0.25) is 0 Å². The third-order valence-corrected chi connectivity index (χ3v) is 3.67. The van der Waals surface area contributed by atoms with Gasteiger partial charge in [0.1, 0.15) is 0 Å². The van der Waals surface area contributed by atoms with Crippen LogP contribution in [0.5, 0.6) is 5.75 Å². The zero-order chi connectivity index (χ0) is 14.8. The highest BCUT2D eigenvalue weighted by molar-refractivity contribution is 7.95. The molecule has 0 radical (unpaired) electrons. The highest BCUT2D eigenvalue weighted by Gasteiger charge is 2.33. The molecule has 2 rings (SSSR count). The second-order valence-corrected chi connectivity index (χ2v) is 5.31. The fourth-order valence-corrected chi connectivity index (χ4v) is 2.82. The smallest absolute Gasteiger partial charge is 0.462 e. The molecule has 0 atom stereocenters. The highest BCUT2D eigenvalue weighted by atomic mass is 32.2. The second kappa shape index (κ2) is 5.88. The molecule has 2 aromatic rings. The summed E-state index contributed by atoms with van der Waals surface area (Å²) < 4.78 is 46.8. The van der Waals surface area contributed by atoms with E-state index in [0.717, 1.165) is 11.3 Å². The zero-order valence-electron chi connectivity index (χ0n) is 10.1. The van der Waals surface area contributed by atoms with E-state index < -0.39 is 23.5 Å². The summed E-state index contributed by atoms with van der Waals surface area (Å²) in [4.78, 5) is 15.6. The number of nitrogens with zero attached hydrogens (tertiary/aromatic N) is 1. The van der Waals surface area contributed by atoms with Gasteiger partial charge in [0.25, 0.3) is 0 Å². The molecule has 0 N–H and O–H groups in total. The molecule has 2 aromatic heterocycles. The molecule has 108 valence electrons. The molecule has 0 aliphatic carbocycles. The summed E-state index contributed by atoms with van der Waals surface area (Å²) in [5.74, 6) is -0.861. The van der Waals surface area contributed by atoms with Gasteiger partial charge in [0.15, 0.2) is 22.7 Å². The van der Waals surface area contributed by atoms with Crippen molar-refractivity contribution in [3.63, 3.8) is 0 Å². The predicted octanol–water partition coefficient (Wildman–Crippen LogP) is 4.02. The first-order chi connectivity index (χ1) is 9.42. The Balaban J connectivity index is 2.42. The molecular weight excluding hydrogens is 315 g/mol. The van der Waals surface area contributed by atoms with E-state index in [0.29, 0.717) is 10.1 Å². The van der Waals surface area contributed by atoms with Crippen molar-refractivity contribution >= 4 is 39.4 Å². The Morgan fingerprint density at radius 3 is 2.90 bits per heavy atom. The number of thiophene rings is 1. The maximum Gasteiger partial charge on any atom is 0.479 e. The number of fused-ring (bicyclic) bond motifs is 1. The van der Waals surface area contributed by atoms with Gasteiger partial charge >= 0.3 is 11.5 Å². The van der Waals surface area contributed by atoms with Crippen molar-refractivity contribution in [1.29, 1.82) is 0 Å². The lowest BCUT2D eigenvalue weighted by atomic mass is 10.3. The van der Waals surface area contributed by atoms with Crippen LogP contribution in [-0.2, 0) is 4.74 Å². The Morgan fingerprint density at radius 1 is 1.50 bits per heavy atom. The predicted molar refractivity (Wildman–Crippen MR) is 69.9 cm³/mol. The fourth-order valence-electron chi connectivity index (χ4n) is 1.43. The van der Waals surface area contributed by atoms with Crippen molar-refractivity contribution in [2.45, 2.75) is 12.4 Å². The van der Waals surface area contributed by atoms with Gasteiger partial charge in [0, 0.05) is 17.8 Å². The van der Waals surface area contributed by atoms with Crippen molar-refractivity contribution in [3.8, 4) is 5.75 Å². The average molecular weight is 323 g/mol. The first-order valence-electron chi connectivity index (χ1n) is 5.38. The van der Waals surface area contributed by atoms with Gasteiger partial charge in [0.05, 0.1) is 11.3 Å². The largest absolute Gasteiger partial charge is 0.479 e. The molecule has 0 saturated heterocycles. The maximum atomic E-state index is 12.2. The van der Waals surface area contributed by atoms with E-state index >= 15 is 0 Å². The maximum absolute atomic E-state index is 12.2. The molecule has 0 bridgehead atoms. The van der Waals surface area contributed by atoms with Gasteiger partial charge in [-0.05, 0) is 13.0 Å². The SMILES string of the molecule is CCOC(=O)c1sc2cnccc2c1OSC(F)(F)F. The number of hydrogen-bond acceptors (Lipinski definition) is 6. The first-order valence-corrected chi connectivity index (χ1v) is 6.94. The summed E-state index contributed by atoms with van der Waals surface area (Å²) in [6.45, 7) is 1.73. The number of ether oxygens (including phenoxy) is 1. The Hall–Kier alpha value is -1.48. The van der Waals surface area contributed by atoms with Gasteiger partial charge < -0.3 is 8.92 Å². The topological polar surface area (TPSA) is 48.4 Å². The van der Waals surface area contributed by atoms with Crippen LogP contribution in [0.3, 0.4) is 0 Å². The summed E-state index contributed by atoms with van der Waals surface area (Å²) in [6.07, 6.45) is 2.86. The molecule has 20 heavy (non-hydrogen) atoms. The quantitative estimate of drug-likeness (QED) is 0.628. The van der Waals surface area contributed by atoms with Crippen molar-refractivity contribution in [2.75, 3.05) is 6.61 Å². The molecular formula is C11H8F3NO3S2. The van der Waals surface area contributed by atoms with E-state index in [2.05, 4.69) is 4.98 Å². The van der Waals surface area contributed by atoms with Crippen LogP contribution >= 0.6 is 23.4 Å². The molecule has 4 nitrogen and oxygen atoms in total. The van der Waals surface area contributed by atoms with Crippen LogP contribution in [0, 0.1) is 0 Å². The Morgan fingerprint density at radius 2 is 2.25 bits per heavy atom. The molecule has 0 fully saturated rings. The van der Waals surface area contributed by atoms with Crippen LogP contribution in [0.25, 0.3) is 10.1 Å². The lowest BCUT2D eigenvalue weighted by molar-refractivity contribution is -0.0369. The van der Waals surface area contributed by atoms with Crippen molar-refractivity contribution in [1.82, 2.24) is 4.98 Å². The van der Waals surface area contributed by atoms with Gasteiger partial charge in [-0.25, -0.2) is 4.79 Å². The third-order valence-electron chi connectivity index (χ3n) is 2.13. The summed E-state index contributed by atoms with van der Waals surface area (Å²) in [7, 11) is 0. The molecule has 0 saturated carbocycles. The van der Waals surface area contributed by atoms with Gasteiger partial charge in [-0.3, -0.25) is 4.98 Å². The summed E-state index contributed by atoms with van der Waals surface area (Å²) in [6, 6.07) is 1.49. The zero-order valence-corrected chi connectivity index (χ0v) is 11.7. The van der Waals surface area contributed by atoms with Gasteiger partial charge in [-0.1, -0.05) is 0 Å². The number of alkyl halides is 3. The molecule has 0 amide bonds. The number of rotatable bonds is 4. The molecule has 0 aliphatic rings. The summed E-state index contributed by atoms with van der Waals surface area (Å²) in [5.41, 5.74) is -4.56. The molecule has 0 spiro atoms. The number of halogens is 3. The standard InChI is InChI=1S/C11H8F3NO3S2/c1-2-17-10(16)9-8(18-20-11(12,13)14)6-3-4-15-5-7(6)19-9/h3-5H,2H2,1H3. The number of carbonyl (C=O) groups excluding carboxylic acids is 1. The van der Waals surface area contributed by atoms with E-state index in [-0.39, 0.29) is 17.2 Å². The van der Waals surface area contributed by atoms with Crippen molar-refractivity contribution in [2.24, 2.45) is 0 Å². The third kappa shape index (κ3) is 3.34. The number of carbonyl (C=O) groups is 1. The minimum absolute atomic E-state index is 0.00778. The molecule has 9 heteroatoms. The van der Waals surface area contributed by atoms with Crippen LogP contribution in [0.1, 0.15) is 16.6 Å². The van der Waals surface area contributed by atoms with Crippen LogP contribution < -0.4 is 4.18 Å². The second-order valence-electron chi connectivity index (χ2n) is 3.47. The molecule has 0 unspecified atom stereocenters. The lowest BCUT2D eigenvalue weighted by Crippen LogP contribution is -2.06. The monoisotopic (exact) mass is 323 g/mol. The number of aromatic nitrogens is 1. The first kappa shape index (κ1) is 14.9. The van der Waals surface area contributed by atoms with Gasteiger partial charge in [-0.15, -0.1) is 11.3 Å². The van der Waals surface area contributed by atoms with Crippen molar-refractivity contribution < 1.29 is 26.9 Å². The Kier molecular flexibility index (Phi) is 4.39. The molecule has 0 aromatic carbocycles. The molecule has 0 aliphatic heterocycles. The average Bonchev–Trinajstić information content (AvgIpc) is 2.74. The minimum atomic E-state index is -4.56. The minimum Gasteiger partial charge on any atom is -0.462 e. The van der Waals surface area contributed by atoms with Gasteiger partial charge in [-0.2, -0.15) is 13.2 Å². The van der Waals surface area contributed by atoms with Crippen LogP contribution in [0.4, 0.5) is 13.2 Å². The number of esters is 1. The van der Waals surface area contributed by atoms with Crippen LogP contribution in [0.15, 0.2) is 18.5 Å². The lowest BCUT2D eigenvalue weighted by Gasteiger charge is -2.07. The summed E-state index contributed by atoms with van der Waals surface area (Å²) in [5, 5.41) is 0.393. The molecule has 2 heterocycles. The van der Waals surface area contributed by atoms with E-state index in [9.17, 15) is 18.0 Å². The number of hydrogen-bond donors (Lipinski definition) is 0. The van der Waals surface area contributed by atoms with Crippen molar-refractivity contribution in [3.05, 3.63) is 23.3 Å². The number of pyridine rings is 1. The van der Waals surface area contributed by atoms with Gasteiger partial charge in [0.2, 0.25) is 0 Å². The van der Waals surface area contributed by atoms with E-state index in [1.165, 1.54) is 18.5 Å². The van der Waals surface area contributed by atoms with E-state index in [1.807, 2.05) is 0 Å². The highest BCUT2D eigenvalue weighted by Crippen LogP contribution is 2.42. The Bertz CT molecular complexity index is 627. The Labute approximate surface area is 120 Å².